The minimum Gasteiger partial charge on any atom is -0.396 e. The quantitative estimate of drug-likeness (QED) is 0.782. The van der Waals surface area contributed by atoms with E-state index in [1.807, 2.05) is 6.07 Å². The van der Waals surface area contributed by atoms with Crippen LogP contribution in [0.2, 0.25) is 0 Å². The van der Waals surface area contributed by atoms with Crippen molar-refractivity contribution in [1.82, 2.24) is 9.80 Å². The second kappa shape index (κ2) is 8.10. The third-order valence-electron chi connectivity index (χ3n) is 6.12. The average molecular weight is 409 g/mol. The van der Waals surface area contributed by atoms with Gasteiger partial charge < -0.3 is 24.7 Å². The molecule has 2 amide bonds. The summed E-state index contributed by atoms with van der Waals surface area (Å²) >= 11 is 1.52. The van der Waals surface area contributed by atoms with E-state index in [-0.39, 0.29) is 24.8 Å². The molecule has 4 rings (SSSR count). The summed E-state index contributed by atoms with van der Waals surface area (Å²) in [7, 11) is 0. The van der Waals surface area contributed by atoms with Gasteiger partial charge in [0.05, 0.1) is 24.2 Å². The van der Waals surface area contributed by atoms with Gasteiger partial charge in [-0.3, -0.25) is 9.59 Å². The van der Waals surface area contributed by atoms with Crippen LogP contribution < -0.4 is 0 Å². The summed E-state index contributed by atoms with van der Waals surface area (Å²) in [5, 5.41) is 18.9. The summed E-state index contributed by atoms with van der Waals surface area (Å²) < 4.78 is 6.23. The first-order chi connectivity index (χ1) is 13.5. The summed E-state index contributed by atoms with van der Waals surface area (Å²) in [5.41, 5.74) is 0.779. The highest BCUT2D eigenvalue weighted by Crippen LogP contribution is 2.45. The van der Waals surface area contributed by atoms with Crippen LogP contribution in [-0.2, 0) is 21.6 Å². The molecule has 2 N–H and O–H groups in total. The summed E-state index contributed by atoms with van der Waals surface area (Å²) in [5.74, 6) is -0.0112. The smallest absolute Gasteiger partial charge is 0.264 e. The number of carbonyl (C=O) groups is 2. The second-order valence-electron chi connectivity index (χ2n) is 7.96. The van der Waals surface area contributed by atoms with Gasteiger partial charge in [0.2, 0.25) is 5.91 Å². The van der Waals surface area contributed by atoms with Crippen molar-refractivity contribution in [1.29, 1.82) is 0 Å². The highest BCUT2D eigenvalue weighted by Gasteiger charge is 2.43. The Morgan fingerprint density at radius 2 is 2.04 bits per heavy atom. The van der Waals surface area contributed by atoms with Crippen molar-refractivity contribution in [3.8, 4) is 0 Å². The number of carbonyl (C=O) groups excluding carboxylic acids is 2. The van der Waals surface area contributed by atoms with Crippen molar-refractivity contribution in [3.05, 3.63) is 21.4 Å². The predicted molar refractivity (Wildman–Crippen MR) is 104 cm³/mol. The van der Waals surface area contributed by atoms with Crippen molar-refractivity contribution in [2.75, 3.05) is 39.4 Å². The maximum Gasteiger partial charge on any atom is 0.264 e. The van der Waals surface area contributed by atoms with Crippen molar-refractivity contribution in [2.24, 2.45) is 0 Å². The zero-order valence-corrected chi connectivity index (χ0v) is 16.9. The van der Waals surface area contributed by atoms with Gasteiger partial charge in [-0.05, 0) is 43.7 Å². The molecule has 0 bridgehead atoms. The van der Waals surface area contributed by atoms with Crippen LogP contribution in [0.4, 0.5) is 0 Å². The molecule has 0 aliphatic carbocycles. The van der Waals surface area contributed by atoms with Gasteiger partial charge in [-0.2, -0.15) is 0 Å². The first-order valence-corrected chi connectivity index (χ1v) is 11.0. The summed E-state index contributed by atoms with van der Waals surface area (Å²) in [6, 6.07) is 2.01. The largest absolute Gasteiger partial charge is 0.396 e. The molecule has 2 fully saturated rings. The lowest BCUT2D eigenvalue weighted by atomic mass is 9.85. The van der Waals surface area contributed by atoms with Crippen molar-refractivity contribution in [2.45, 2.75) is 50.2 Å². The van der Waals surface area contributed by atoms with E-state index >= 15 is 0 Å². The first kappa shape index (κ1) is 19.8. The number of fused-ring (bicyclic) bond motifs is 2. The molecular weight excluding hydrogens is 380 g/mol. The van der Waals surface area contributed by atoms with E-state index in [4.69, 9.17) is 9.84 Å². The third kappa shape index (κ3) is 3.70. The molecule has 8 heteroatoms. The molecule has 2 saturated heterocycles. The van der Waals surface area contributed by atoms with Crippen molar-refractivity contribution in [3.63, 3.8) is 0 Å². The Hall–Kier alpha value is -1.48. The number of rotatable bonds is 3. The van der Waals surface area contributed by atoms with Gasteiger partial charge >= 0.3 is 0 Å². The fraction of sp³-hybridized carbons (Fsp3) is 0.700. The molecular formula is C20H28N2O5S. The number of hydrogen-bond donors (Lipinski definition) is 2. The van der Waals surface area contributed by atoms with Gasteiger partial charge in [0.1, 0.15) is 5.60 Å². The van der Waals surface area contributed by atoms with Crippen LogP contribution in [-0.4, -0.2) is 77.3 Å². The van der Waals surface area contributed by atoms with Crippen LogP contribution in [0.1, 0.15) is 52.2 Å². The number of piperidine rings is 2. The zero-order valence-electron chi connectivity index (χ0n) is 16.1. The molecule has 4 heterocycles. The van der Waals surface area contributed by atoms with Crippen LogP contribution in [0.15, 0.2) is 6.07 Å². The minimum atomic E-state index is -0.428. The fourth-order valence-corrected chi connectivity index (χ4v) is 5.94. The molecule has 1 atom stereocenters. The van der Waals surface area contributed by atoms with E-state index in [1.54, 1.807) is 9.80 Å². The number of aliphatic hydroxyl groups is 2. The van der Waals surface area contributed by atoms with E-state index in [0.29, 0.717) is 45.6 Å². The molecule has 1 aromatic rings. The number of thiophene rings is 1. The lowest BCUT2D eigenvalue weighted by Gasteiger charge is -2.43. The van der Waals surface area contributed by atoms with E-state index in [9.17, 15) is 14.7 Å². The molecule has 7 nitrogen and oxygen atoms in total. The molecule has 0 aromatic carbocycles. The number of amides is 2. The van der Waals surface area contributed by atoms with E-state index in [2.05, 4.69) is 0 Å². The summed E-state index contributed by atoms with van der Waals surface area (Å²) in [4.78, 5) is 30.4. The van der Waals surface area contributed by atoms with Gasteiger partial charge in [-0.15, -0.1) is 11.3 Å². The summed E-state index contributed by atoms with van der Waals surface area (Å²) in [6.07, 6.45) is 3.56. The Morgan fingerprint density at radius 3 is 2.75 bits per heavy atom. The van der Waals surface area contributed by atoms with Crippen molar-refractivity contribution < 1.29 is 24.5 Å². The van der Waals surface area contributed by atoms with Gasteiger partial charge in [0.15, 0.2) is 0 Å². The van der Waals surface area contributed by atoms with Crippen LogP contribution in [0.3, 0.4) is 0 Å². The monoisotopic (exact) mass is 408 g/mol. The highest BCUT2D eigenvalue weighted by molar-refractivity contribution is 7.14. The zero-order chi connectivity index (χ0) is 19.7. The number of ether oxygens (including phenoxy) is 1. The lowest BCUT2D eigenvalue weighted by Crippen LogP contribution is -2.48. The van der Waals surface area contributed by atoms with Crippen LogP contribution in [0.5, 0.6) is 0 Å². The average Bonchev–Trinajstić information content (AvgIpc) is 3.14. The third-order valence-corrected chi connectivity index (χ3v) is 7.47. The van der Waals surface area contributed by atoms with E-state index < -0.39 is 11.7 Å². The second-order valence-corrected chi connectivity index (χ2v) is 9.01. The number of hydrogen-bond acceptors (Lipinski definition) is 6. The SMILES string of the molecule is O=C(CCO)N1CCC2(CC1)OCCc1cc(C(=O)N3CCCC(O)C3)sc12. The van der Waals surface area contributed by atoms with E-state index in [0.717, 1.165) is 29.0 Å². The van der Waals surface area contributed by atoms with Crippen molar-refractivity contribution >= 4 is 23.2 Å². The maximum atomic E-state index is 13.0. The number of likely N-dealkylation sites (tertiary alicyclic amines) is 2. The number of β-amino-alcohol motifs (C(OH)–C–C–N with tert-alkyl or cyclic N) is 1. The summed E-state index contributed by atoms with van der Waals surface area (Å²) in [6.45, 7) is 2.83. The Morgan fingerprint density at radius 1 is 1.25 bits per heavy atom. The number of aliphatic hydroxyl groups excluding tert-OH is 2. The molecule has 3 aliphatic heterocycles. The standard InChI is InChI=1S/C20H28N2O5S/c23-10-3-17(25)21-8-5-20(6-9-21)18-14(4-11-27-20)12-16(28-18)19(26)22-7-1-2-15(24)13-22/h12,15,23-24H,1-11,13H2. The Labute approximate surface area is 168 Å². The van der Waals surface area contributed by atoms with Gasteiger partial charge in [-0.1, -0.05) is 0 Å². The number of nitrogens with zero attached hydrogens (tertiary/aromatic N) is 2. The first-order valence-electron chi connectivity index (χ1n) is 10.2. The van der Waals surface area contributed by atoms with Crippen LogP contribution in [0, 0.1) is 0 Å². The molecule has 1 aromatic heterocycles. The Kier molecular flexibility index (Phi) is 5.73. The topological polar surface area (TPSA) is 90.3 Å². The molecule has 1 spiro atoms. The van der Waals surface area contributed by atoms with Crippen LogP contribution in [0.25, 0.3) is 0 Å². The molecule has 154 valence electrons. The minimum absolute atomic E-state index is 0.00357. The van der Waals surface area contributed by atoms with Gasteiger partial charge in [0.25, 0.3) is 5.91 Å². The maximum absolute atomic E-state index is 13.0. The highest BCUT2D eigenvalue weighted by atomic mass is 32.1. The normalized spacial score (nSPS) is 24.3. The Balaban J connectivity index is 1.51. The van der Waals surface area contributed by atoms with Gasteiger partial charge in [0, 0.05) is 37.5 Å². The predicted octanol–water partition coefficient (Wildman–Crippen LogP) is 1.12. The molecule has 28 heavy (non-hydrogen) atoms. The molecule has 0 radical (unpaired) electrons. The fourth-order valence-electron chi connectivity index (χ4n) is 4.56. The molecule has 3 aliphatic rings. The molecule has 1 unspecified atom stereocenters. The van der Waals surface area contributed by atoms with E-state index in [1.165, 1.54) is 16.9 Å². The van der Waals surface area contributed by atoms with Crippen LogP contribution >= 0.6 is 11.3 Å². The van der Waals surface area contributed by atoms with Gasteiger partial charge in [-0.25, -0.2) is 0 Å². The Bertz CT molecular complexity index is 741. The molecule has 0 saturated carbocycles. The lowest BCUT2D eigenvalue weighted by molar-refractivity contribution is -0.140.